The van der Waals surface area contributed by atoms with Crippen molar-refractivity contribution in [2.45, 2.75) is 19.8 Å². The van der Waals surface area contributed by atoms with Crippen molar-refractivity contribution < 1.29 is 14.7 Å². The summed E-state index contributed by atoms with van der Waals surface area (Å²) in [5, 5.41) is 11.1. The Balaban J connectivity index is 2.02. The molecule has 1 aromatic rings. The van der Waals surface area contributed by atoms with Crippen molar-refractivity contribution >= 4 is 28.3 Å². The number of carbonyl (C=O) groups is 2. The average Bonchev–Trinajstić information content (AvgIpc) is 2.76. The molecule has 0 unspecified atom stereocenters. The smallest absolute Gasteiger partial charge is 0.309 e. The van der Waals surface area contributed by atoms with Gasteiger partial charge in [0.15, 0.2) is 5.13 Å². The van der Waals surface area contributed by atoms with E-state index in [4.69, 9.17) is 10.8 Å². The lowest BCUT2D eigenvalue weighted by atomic mass is 9.80. The van der Waals surface area contributed by atoms with Crippen molar-refractivity contribution in [2.75, 3.05) is 18.8 Å². The number of hydrogen-bond donors (Lipinski definition) is 2. The summed E-state index contributed by atoms with van der Waals surface area (Å²) in [7, 11) is 0. The number of nitrogens with two attached hydrogens (primary N) is 1. The van der Waals surface area contributed by atoms with Gasteiger partial charge in [0.2, 0.25) is 0 Å². The molecule has 1 aromatic heterocycles. The topological polar surface area (TPSA) is 96.5 Å². The van der Waals surface area contributed by atoms with Gasteiger partial charge in [0.05, 0.1) is 5.41 Å². The van der Waals surface area contributed by atoms with Crippen LogP contribution in [0.1, 0.15) is 30.3 Å². The minimum atomic E-state index is -0.799. The summed E-state index contributed by atoms with van der Waals surface area (Å²) in [5.41, 5.74) is 5.11. The Morgan fingerprint density at radius 2 is 2.11 bits per heavy atom. The van der Waals surface area contributed by atoms with E-state index in [2.05, 4.69) is 4.98 Å². The van der Waals surface area contributed by atoms with Gasteiger partial charge in [0, 0.05) is 18.5 Å². The largest absolute Gasteiger partial charge is 0.481 e. The summed E-state index contributed by atoms with van der Waals surface area (Å²) in [6.45, 7) is 2.61. The van der Waals surface area contributed by atoms with Crippen molar-refractivity contribution in [3.63, 3.8) is 0 Å². The Morgan fingerprint density at radius 1 is 1.50 bits per heavy atom. The molecule has 1 aliphatic heterocycles. The zero-order valence-electron chi connectivity index (χ0n) is 10.0. The summed E-state index contributed by atoms with van der Waals surface area (Å²) in [6, 6.07) is 0. The van der Waals surface area contributed by atoms with Gasteiger partial charge in [-0.1, -0.05) is 0 Å². The standard InChI is InChI=1S/C11H15N3O3S/c1-11(9(16)17)2-4-14(5-3-11)8(15)7-6-18-10(12)13-7/h6H,2-5H2,1H3,(H2,12,13)(H,16,17). The van der Waals surface area contributed by atoms with Crippen LogP contribution in [0.5, 0.6) is 0 Å². The molecule has 1 fully saturated rings. The third kappa shape index (κ3) is 2.31. The summed E-state index contributed by atoms with van der Waals surface area (Å²) in [5.74, 6) is -0.970. The van der Waals surface area contributed by atoms with Crippen molar-refractivity contribution in [2.24, 2.45) is 5.41 Å². The van der Waals surface area contributed by atoms with E-state index in [9.17, 15) is 9.59 Å². The van der Waals surface area contributed by atoms with Crippen molar-refractivity contribution in [3.05, 3.63) is 11.1 Å². The van der Waals surface area contributed by atoms with Gasteiger partial charge in [0.25, 0.3) is 5.91 Å². The molecule has 2 heterocycles. The lowest BCUT2D eigenvalue weighted by Gasteiger charge is -2.36. The summed E-state index contributed by atoms with van der Waals surface area (Å²) in [6.07, 6.45) is 0.932. The zero-order chi connectivity index (χ0) is 13.3. The van der Waals surface area contributed by atoms with E-state index in [-0.39, 0.29) is 5.91 Å². The van der Waals surface area contributed by atoms with Crippen LogP contribution in [0.4, 0.5) is 5.13 Å². The fourth-order valence-electron chi connectivity index (χ4n) is 1.97. The number of aromatic nitrogens is 1. The number of anilines is 1. The summed E-state index contributed by atoms with van der Waals surface area (Å²) < 4.78 is 0. The Morgan fingerprint density at radius 3 is 2.56 bits per heavy atom. The maximum Gasteiger partial charge on any atom is 0.309 e. The predicted octanol–water partition coefficient (Wildman–Crippen LogP) is 1.05. The number of carboxylic acid groups (broad SMARTS) is 1. The first-order valence-electron chi connectivity index (χ1n) is 5.66. The Bertz CT molecular complexity index is 478. The van der Waals surface area contributed by atoms with Gasteiger partial charge in [-0.15, -0.1) is 11.3 Å². The minimum absolute atomic E-state index is 0.171. The van der Waals surface area contributed by atoms with Crippen molar-refractivity contribution in [1.82, 2.24) is 9.88 Å². The van der Waals surface area contributed by atoms with E-state index in [1.54, 1.807) is 17.2 Å². The second-order valence-corrected chi connectivity index (χ2v) is 5.62. The maximum atomic E-state index is 12.1. The van der Waals surface area contributed by atoms with E-state index in [0.29, 0.717) is 36.8 Å². The van der Waals surface area contributed by atoms with Crippen LogP contribution in [0.25, 0.3) is 0 Å². The highest BCUT2D eigenvalue weighted by Gasteiger charge is 2.38. The number of thiazole rings is 1. The molecule has 0 bridgehead atoms. The summed E-state index contributed by atoms with van der Waals surface area (Å²) in [4.78, 5) is 28.7. The first-order valence-corrected chi connectivity index (χ1v) is 6.54. The lowest BCUT2D eigenvalue weighted by molar-refractivity contribution is -0.150. The number of likely N-dealkylation sites (tertiary alicyclic amines) is 1. The van der Waals surface area contributed by atoms with Crippen molar-refractivity contribution in [1.29, 1.82) is 0 Å². The van der Waals surface area contributed by atoms with E-state index in [1.165, 1.54) is 11.3 Å². The third-order valence-corrected chi connectivity index (χ3v) is 4.09. The fourth-order valence-corrected chi connectivity index (χ4v) is 2.50. The first kappa shape index (κ1) is 12.8. The van der Waals surface area contributed by atoms with Crippen LogP contribution in [0, 0.1) is 5.41 Å². The van der Waals surface area contributed by atoms with Gasteiger partial charge in [0.1, 0.15) is 5.69 Å². The SMILES string of the molecule is CC1(C(=O)O)CCN(C(=O)c2csc(N)n2)CC1. The molecule has 6 nitrogen and oxygen atoms in total. The molecule has 3 N–H and O–H groups in total. The third-order valence-electron chi connectivity index (χ3n) is 3.41. The lowest BCUT2D eigenvalue weighted by Crippen LogP contribution is -2.45. The van der Waals surface area contributed by atoms with Crippen molar-refractivity contribution in [3.8, 4) is 0 Å². The second-order valence-electron chi connectivity index (χ2n) is 4.73. The van der Waals surface area contributed by atoms with Crippen LogP contribution in [0.2, 0.25) is 0 Å². The number of aliphatic carboxylic acids is 1. The molecule has 2 rings (SSSR count). The van der Waals surface area contributed by atoms with Crippen LogP contribution in [0.3, 0.4) is 0 Å². The molecule has 0 radical (unpaired) electrons. The Kier molecular flexibility index (Phi) is 3.25. The van der Waals surface area contributed by atoms with E-state index in [1.807, 2.05) is 0 Å². The molecular weight excluding hydrogens is 254 g/mol. The highest BCUT2D eigenvalue weighted by atomic mass is 32.1. The molecule has 0 aromatic carbocycles. The van der Waals surface area contributed by atoms with E-state index in [0.717, 1.165) is 0 Å². The number of amides is 1. The maximum absolute atomic E-state index is 12.1. The zero-order valence-corrected chi connectivity index (χ0v) is 10.9. The van der Waals surface area contributed by atoms with Gasteiger partial charge in [-0.3, -0.25) is 9.59 Å². The average molecular weight is 269 g/mol. The van der Waals surface area contributed by atoms with Crippen LogP contribution >= 0.6 is 11.3 Å². The molecule has 18 heavy (non-hydrogen) atoms. The van der Waals surface area contributed by atoms with Gasteiger partial charge < -0.3 is 15.7 Å². The van der Waals surface area contributed by atoms with Crippen LogP contribution in [0.15, 0.2) is 5.38 Å². The predicted molar refractivity (Wildman–Crippen MR) is 67.4 cm³/mol. The molecule has 1 aliphatic rings. The molecule has 1 saturated heterocycles. The van der Waals surface area contributed by atoms with Gasteiger partial charge in [-0.05, 0) is 19.8 Å². The Labute approximate surface area is 108 Å². The minimum Gasteiger partial charge on any atom is -0.481 e. The number of nitrogens with zero attached hydrogens (tertiary/aromatic N) is 2. The van der Waals surface area contributed by atoms with Gasteiger partial charge in [-0.25, -0.2) is 4.98 Å². The fraction of sp³-hybridized carbons (Fsp3) is 0.545. The first-order chi connectivity index (χ1) is 8.42. The summed E-state index contributed by atoms with van der Waals surface area (Å²) >= 11 is 1.23. The monoisotopic (exact) mass is 269 g/mol. The molecule has 98 valence electrons. The number of carboxylic acids is 1. The molecule has 0 aliphatic carbocycles. The highest BCUT2D eigenvalue weighted by Crippen LogP contribution is 2.31. The van der Waals surface area contributed by atoms with E-state index < -0.39 is 11.4 Å². The highest BCUT2D eigenvalue weighted by molar-refractivity contribution is 7.13. The number of nitrogen functional groups attached to an aromatic ring is 1. The quantitative estimate of drug-likeness (QED) is 0.836. The number of piperidine rings is 1. The molecule has 0 saturated carbocycles. The van der Waals surface area contributed by atoms with Crippen LogP contribution in [-0.4, -0.2) is 40.0 Å². The number of carbonyl (C=O) groups excluding carboxylic acids is 1. The Hall–Kier alpha value is -1.63. The number of rotatable bonds is 2. The van der Waals surface area contributed by atoms with E-state index >= 15 is 0 Å². The molecule has 7 heteroatoms. The van der Waals surface area contributed by atoms with Gasteiger partial charge >= 0.3 is 5.97 Å². The van der Waals surface area contributed by atoms with Crippen LogP contribution < -0.4 is 5.73 Å². The normalized spacial score (nSPS) is 18.6. The molecule has 0 spiro atoms. The second kappa shape index (κ2) is 4.56. The molecule has 0 atom stereocenters. The molecule has 1 amide bonds. The van der Waals surface area contributed by atoms with Crippen LogP contribution in [-0.2, 0) is 4.79 Å². The number of hydrogen-bond acceptors (Lipinski definition) is 5. The van der Waals surface area contributed by atoms with Gasteiger partial charge in [-0.2, -0.15) is 0 Å². The molecular formula is C11H15N3O3S.